The highest BCUT2D eigenvalue weighted by Crippen LogP contribution is 2.18. The maximum absolute atomic E-state index is 12.1. The van der Waals surface area contributed by atoms with E-state index in [0.29, 0.717) is 15.9 Å². The molecule has 1 rings (SSSR count). The first-order valence-corrected chi connectivity index (χ1v) is 6.03. The van der Waals surface area contributed by atoms with Gasteiger partial charge in [-0.15, -0.1) is 0 Å². The zero-order valence-electron chi connectivity index (χ0n) is 10.4. The lowest BCUT2D eigenvalue weighted by Crippen LogP contribution is -2.53. The molecule has 0 radical (unpaired) electrons. The number of anilines is 1. The molecular weight excluding hydrogens is 300 g/mol. The third-order valence-corrected chi connectivity index (χ3v) is 2.81. The van der Waals surface area contributed by atoms with Gasteiger partial charge < -0.3 is 16.4 Å². The van der Waals surface area contributed by atoms with Crippen molar-refractivity contribution in [3.63, 3.8) is 0 Å². The molecule has 2 amide bonds. The molecule has 0 aliphatic rings. The molecule has 0 atom stereocenters. The zero-order valence-corrected chi connectivity index (χ0v) is 12.0. The van der Waals surface area contributed by atoms with Crippen molar-refractivity contribution in [2.24, 2.45) is 5.73 Å². The third kappa shape index (κ3) is 3.19. The smallest absolute Gasteiger partial charge is 0.255 e. The summed E-state index contributed by atoms with van der Waals surface area (Å²) in [6.45, 7) is 3.08. The lowest BCUT2D eigenvalue weighted by atomic mass is 10.0. The summed E-state index contributed by atoms with van der Waals surface area (Å²) in [7, 11) is 1.66. The van der Waals surface area contributed by atoms with Crippen LogP contribution in [0, 0.1) is 0 Å². The summed E-state index contributed by atoms with van der Waals surface area (Å²) in [6.07, 6.45) is 1.57. The number of nitrogens with two attached hydrogens (primary N) is 1. The number of primary amides is 1. The highest BCUT2D eigenvalue weighted by molar-refractivity contribution is 9.10. The van der Waals surface area contributed by atoms with Crippen molar-refractivity contribution in [3.05, 3.63) is 22.3 Å². The minimum atomic E-state index is -1.12. The predicted molar refractivity (Wildman–Crippen MR) is 72.2 cm³/mol. The van der Waals surface area contributed by atoms with Gasteiger partial charge in [-0.25, -0.2) is 4.98 Å². The first-order valence-electron chi connectivity index (χ1n) is 5.23. The van der Waals surface area contributed by atoms with Crippen molar-refractivity contribution < 1.29 is 9.59 Å². The van der Waals surface area contributed by atoms with E-state index in [2.05, 4.69) is 31.5 Å². The van der Waals surface area contributed by atoms with Crippen molar-refractivity contribution >= 4 is 33.6 Å². The molecule has 6 nitrogen and oxygen atoms in total. The highest BCUT2D eigenvalue weighted by atomic mass is 79.9. The summed E-state index contributed by atoms with van der Waals surface area (Å²) in [5, 5.41) is 5.37. The first kappa shape index (κ1) is 14.4. The van der Waals surface area contributed by atoms with Gasteiger partial charge in [0.15, 0.2) is 0 Å². The van der Waals surface area contributed by atoms with Crippen LogP contribution in [0.4, 0.5) is 5.82 Å². The van der Waals surface area contributed by atoms with E-state index in [1.165, 1.54) is 13.8 Å². The number of rotatable bonds is 4. The van der Waals surface area contributed by atoms with Gasteiger partial charge in [-0.2, -0.15) is 0 Å². The summed E-state index contributed by atoms with van der Waals surface area (Å²) in [4.78, 5) is 27.3. The lowest BCUT2D eigenvalue weighted by Gasteiger charge is -2.22. The second-order valence-electron chi connectivity index (χ2n) is 4.24. The Kier molecular flexibility index (Phi) is 4.28. The van der Waals surface area contributed by atoms with E-state index in [1.807, 2.05) is 0 Å². The van der Waals surface area contributed by atoms with Crippen molar-refractivity contribution in [1.82, 2.24) is 10.3 Å². The van der Waals surface area contributed by atoms with Gasteiger partial charge in [0.25, 0.3) is 5.91 Å². The molecule has 18 heavy (non-hydrogen) atoms. The fourth-order valence-electron chi connectivity index (χ4n) is 1.22. The molecule has 1 heterocycles. The van der Waals surface area contributed by atoms with E-state index in [-0.39, 0.29) is 0 Å². The molecule has 0 aliphatic carbocycles. The predicted octanol–water partition coefficient (Wildman–Crippen LogP) is 0.879. The molecule has 4 N–H and O–H groups in total. The van der Waals surface area contributed by atoms with E-state index < -0.39 is 17.4 Å². The topological polar surface area (TPSA) is 97.1 Å². The van der Waals surface area contributed by atoms with E-state index >= 15 is 0 Å². The van der Waals surface area contributed by atoms with Gasteiger partial charge in [0.2, 0.25) is 5.91 Å². The molecule has 0 aromatic carbocycles. The third-order valence-electron chi connectivity index (χ3n) is 2.38. The van der Waals surface area contributed by atoms with Crippen LogP contribution in [0.25, 0.3) is 0 Å². The van der Waals surface area contributed by atoms with Crippen LogP contribution in [0.3, 0.4) is 0 Å². The minimum absolute atomic E-state index is 0.334. The summed E-state index contributed by atoms with van der Waals surface area (Å²) in [5.41, 5.74) is 4.42. The van der Waals surface area contributed by atoms with Crippen LogP contribution in [0.15, 0.2) is 16.7 Å². The average Bonchev–Trinajstić information content (AvgIpc) is 2.28. The van der Waals surface area contributed by atoms with E-state index in [4.69, 9.17) is 5.73 Å². The Morgan fingerprint density at radius 1 is 1.44 bits per heavy atom. The number of pyridine rings is 1. The Hall–Kier alpha value is -1.63. The monoisotopic (exact) mass is 314 g/mol. The number of nitrogens with one attached hydrogen (secondary N) is 2. The number of carbonyl (C=O) groups excluding carboxylic acids is 2. The maximum Gasteiger partial charge on any atom is 0.255 e. The van der Waals surface area contributed by atoms with Crippen molar-refractivity contribution in [1.29, 1.82) is 0 Å². The van der Waals surface area contributed by atoms with Gasteiger partial charge in [0, 0.05) is 17.7 Å². The molecule has 0 aliphatic heterocycles. The normalized spacial score (nSPS) is 10.9. The van der Waals surface area contributed by atoms with Crippen molar-refractivity contribution in [3.8, 4) is 0 Å². The van der Waals surface area contributed by atoms with Crippen LogP contribution in [0.5, 0.6) is 0 Å². The summed E-state index contributed by atoms with van der Waals surface area (Å²) in [6, 6.07) is 1.62. The molecule has 0 saturated heterocycles. The van der Waals surface area contributed by atoms with Gasteiger partial charge in [0.1, 0.15) is 11.4 Å². The van der Waals surface area contributed by atoms with Crippen LogP contribution < -0.4 is 16.4 Å². The van der Waals surface area contributed by atoms with Gasteiger partial charge in [-0.1, -0.05) is 0 Å². The Bertz CT molecular complexity index is 488. The number of nitrogens with zero attached hydrogens (tertiary/aromatic N) is 1. The molecule has 0 saturated carbocycles. The molecule has 1 aromatic heterocycles. The van der Waals surface area contributed by atoms with Crippen LogP contribution in [0.2, 0.25) is 0 Å². The molecule has 0 spiro atoms. The largest absolute Gasteiger partial charge is 0.372 e. The summed E-state index contributed by atoms with van der Waals surface area (Å²) < 4.78 is 0.670. The number of amides is 2. The SMILES string of the molecule is CNc1ncc(Br)cc1C(=O)NC(C)(C)C(N)=O. The Morgan fingerprint density at radius 2 is 2.06 bits per heavy atom. The van der Waals surface area contributed by atoms with Crippen LogP contribution in [-0.4, -0.2) is 29.4 Å². The fraction of sp³-hybridized carbons (Fsp3) is 0.364. The van der Waals surface area contributed by atoms with Crippen molar-refractivity contribution in [2.45, 2.75) is 19.4 Å². The van der Waals surface area contributed by atoms with Gasteiger partial charge in [-0.3, -0.25) is 9.59 Å². The van der Waals surface area contributed by atoms with Crippen LogP contribution >= 0.6 is 15.9 Å². The molecule has 98 valence electrons. The van der Waals surface area contributed by atoms with E-state index in [0.717, 1.165) is 0 Å². The molecule has 0 bridgehead atoms. The average molecular weight is 315 g/mol. The maximum atomic E-state index is 12.1. The molecule has 1 aromatic rings. The number of hydrogen-bond acceptors (Lipinski definition) is 4. The zero-order chi connectivity index (χ0) is 13.9. The van der Waals surface area contributed by atoms with Gasteiger partial charge >= 0.3 is 0 Å². The van der Waals surface area contributed by atoms with E-state index in [1.54, 1.807) is 19.3 Å². The fourth-order valence-corrected chi connectivity index (χ4v) is 1.56. The van der Waals surface area contributed by atoms with Gasteiger partial charge in [-0.05, 0) is 35.8 Å². The van der Waals surface area contributed by atoms with Crippen LogP contribution in [0.1, 0.15) is 24.2 Å². The standard InChI is InChI=1S/C11H15BrN4O2/c1-11(2,10(13)18)16-9(17)7-4-6(12)5-15-8(7)14-3/h4-5H,1-3H3,(H2,13,18)(H,14,15)(H,16,17). The van der Waals surface area contributed by atoms with Gasteiger partial charge in [0.05, 0.1) is 5.56 Å². The number of hydrogen-bond donors (Lipinski definition) is 3. The summed E-state index contributed by atoms with van der Waals surface area (Å²) >= 11 is 3.24. The molecule has 0 unspecified atom stereocenters. The first-order chi connectivity index (χ1) is 8.27. The lowest BCUT2D eigenvalue weighted by molar-refractivity contribution is -0.122. The highest BCUT2D eigenvalue weighted by Gasteiger charge is 2.28. The summed E-state index contributed by atoms with van der Waals surface area (Å²) in [5.74, 6) is -0.599. The number of carbonyl (C=O) groups is 2. The Balaban J connectivity index is 3.04. The second-order valence-corrected chi connectivity index (χ2v) is 5.16. The minimum Gasteiger partial charge on any atom is -0.372 e. The molecular formula is C11H15BrN4O2. The van der Waals surface area contributed by atoms with E-state index in [9.17, 15) is 9.59 Å². The quantitative estimate of drug-likeness (QED) is 0.768. The number of aromatic nitrogens is 1. The molecule has 7 heteroatoms. The van der Waals surface area contributed by atoms with Crippen molar-refractivity contribution in [2.75, 3.05) is 12.4 Å². The molecule has 0 fully saturated rings. The Labute approximate surface area is 113 Å². The second kappa shape index (κ2) is 5.34. The Morgan fingerprint density at radius 3 is 2.56 bits per heavy atom. The van der Waals surface area contributed by atoms with Crippen LogP contribution in [-0.2, 0) is 4.79 Å². The number of halogens is 1.